The van der Waals surface area contributed by atoms with E-state index < -0.39 is 6.16 Å². The van der Waals surface area contributed by atoms with Crippen molar-refractivity contribution in [3.8, 4) is 0 Å². The first-order valence-electron chi connectivity index (χ1n) is 3.06. The second-order valence-electron chi connectivity index (χ2n) is 1.94. The van der Waals surface area contributed by atoms with E-state index in [4.69, 9.17) is 15.0 Å². The van der Waals surface area contributed by atoms with Crippen molar-refractivity contribution < 1.29 is 67.8 Å². The molecule has 62 valence electrons. The molecule has 0 atom stereocenters. The molecule has 1 rings (SSSR count). The van der Waals surface area contributed by atoms with Crippen LogP contribution in [0, 0.1) is 6.92 Å². The molecule has 0 radical (unpaired) electrons. The monoisotopic (exact) mass is 194 g/mol. The molecule has 1 aromatic carbocycles. The van der Waals surface area contributed by atoms with Crippen LogP contribution in [0.2, 0.25) is 0 Å². The molecule has 0 spiro atoms. The Bertz CT molecular complexity index is 212. The zero-order chi connectivity index (χ0) is 8.69. The van der Waals surface area contributed by atoms with Crippen molar-refractivity contribution in [3.05, 3.63) is 35.9 Å². The Morgan fingerprint density at radius 1 is 1.25 bits per heavy atom. The minimum atomic E-state index is -1.83. The van der Waals surface area contributed by atoms with Gasteiger partial charge in [0.25, 0.3) is 0 Å². The van der Waals surface area contributed by atoms with Crippen molar-refractivity contribution in [1.82, 2.24) is 0 Å². The van der Waals surface area contributed by atoms with Gasteiger partial charge >= 0.3 is 57.5 Å². The van der Waals surface area contributed by atoms with Crippen molar-refractivity contribution >= 4 is 6.16 Å². The summed E-state index contributed by atoms with van der Waals surface area (Å²) in [7, 11) is 0. The molecule has 0 aliphatic heterocycles. The normalized spacial score (nSPS) is 7.08. The van der Waals surface area contributed by atoms with Gasteiger partial charge in [0.15, 0.2) is 0 Å². The van der Waals surface area contributed by atoms with Gasteiger partial charge in [-0.1, -0.05) is 35.9 Å². The first-order valence-corrected chi connectivity index (χ1v) is 3.06. The molecular formula is C8H11KO3. The van der Waals surface area contributed by atoms with E-state index in [1.807, 2.05) is 18.2 Å². The van der Waals surface area contributed by atoms with Crippen LogP contribution in [0.1, 0.15) is 6.99 Å². The average molecular weight is 194 g/mol. The van der Waals surface area contributed by atoms with Crippen molar-refractivity contribution in [1.29, 1.82) is 0 Å². The standard InChI is InChI=1S/C7H8.CH2O3.K.H/c1-7-5-3-2-4-6-7;2-1(3)4;;/h2-6H,1H3;(H2,2,3,4);;/q;;+1;-1. The summed E-state index contributed by atoms with van der Waals surface area (Å²) >= 11 is 0. The third-order valence-electron chi connectivity index (χ3n) is 0.940. The Kier molecular flexibility index (Phi) is 11.2. The van der Waals surface area contributed by atoms with Crippen LogP contribution in [0.4, 0.5) is 4.79 Å². The first-order chi connectivity index (χ1) is 5.13. The van der Waals surface area contributed by atoms with E-state index in [0.29, 0.717) is 0 Å². The molecule has 3 nitrogen and oxygen atoms in total. The number of benzene rings is 1. The van der Waals surface area contributed by atoms with Crippen LogP contribution in [0.3, 0.4) is 0 Å². The minimum absolute atomic E-state index is 0. The summed E-state index contributed by atoms with van der Waals surface area (Å²) in [5.74, 6) is 0. The molecular weight excluding hydrogens is 183 g/mol. The number of carboxylic acid groups (broad SMARTS) is 2. The predicted octanol–water partition coefficient (Wildman–Crippen LogP) is -0.666. The maximum atomic E-state index is 8.56. The van der Waals surface area contributed by atoms with E-state index in [9.17, 15) is 0 Å². The number of hydrogen-bond donors (Lipinski definition) is 2. The summed E-state index contributed by atoms with van der Waals surface area (Å²) in [4.78, 5) is 8.56. The maximum Gasteiger partial charge on any atom is 1.00 e. The predicted molar refractivity (Wildman–Crippen MR) is 42.9 cm³/mol. The second-order valence-corrected chi connectivity index (χ2v) is 1.94. The van der Waals surface area contributed by atoms with E-state index in [0.717, 1.165) is 0 Å². The molecule has 4 heteroatoms. The SMILES string of the molecule is Cc1ccccc1.O=C(O)O.[H-].[K+]. The van der Waals surface area contributed by atoms with Gasteiger partial charge in [0.2, 0.25) is 0 Å². The molecule has 0 amide bonds. The minimum Gasteiger partial charge on any atom is -1.00 e. The molecule has 2 N–H and O–H groups in total. The van der Waals surface area contributed by atoms with Gasteiger partial charge in [-0.2, -0.15) is 0 Å². The van der Waals surface area contributed by atoms with Crippen LogP contribution < -0.4 is 51.4 Å². The third kappa shape index (κ3) is 12.8. The Balaban J connectivity index is -0.000000150. The fourth-order valence-corrected chi connectivity index (χ4v) is 0.534. The van der Waals surface area contributed by atoms with E-state index in [2.05, 4.69) is 19.1 Å². The average Bonchev–Trinajstić information content (AvgIpc) is 1.87. The summed E-state index contributed by atoms with van der Waals surface area (Å²) in [5, 5.41) is 13.9. The van der Waals surface area contributed by atoms with Gasteiger partial charge in [-0.15, -0.1) is 0 Å². The molecule has 12 heavy (non-hydrogen) atoms. The van der Waals surface area contributed by atoms with E-state index in [1.165, 1.54) is 5.56 Å². The van der Waals surface area contributed by atoms with Crippen LogP contribution in [0.15, 0.2) is 30.3 Å². The number of aryl methyl sites for hydroxylation is 1. The van der Waals surface area contributed by atoms with Crippen molar-refractivity contribution in [3.63, 3.8) is 0 Å². The fourth-order valence-electron chi connectivity index (χ4n) is 0.534. The molecule has 0 saturated heterocycles. The summed E-state index contributed by atoms with van der Waals surface area (Å²) in [6.07, 6.45) is -1.83. The number of hydrogen-bond acceptors (Lipinski definition) is 1. The molecule has 0 aromatic heterocycles. The van der Waals surface area contributed by atoms with Gasteiger partial charge in [0.1, 0.15) is 0 Å². The van der Waals surface area contributed by atoms with Crippen LogP contribution in [0.5, 0.6) is 0 Å². The summed E-state index contributed by atoms with van der Waals surface area (Å²) in [6, 6.07) is 10.3. The summed E-state index contributed by atoms with van der Waals surface area (Å²) in [5.41, 5.74) is 1.32. The topological polar surface area (TPSA) is 57.5 Å². The Hall–Kier alpha value is 0.126. The van der Waals surface area contributed by atoms with E-state index >= 15 is 0 Å². The largest absolute Gasteiger partial charge is 1.00 e. The molecule has 0 unspecified atom stereocenters. The Morgan fingerprint density at radius 3 is 1.75 bits per heavy atom. The van der Waals surface area contributed by atoms with Gasteiger partial charge in [-0.3, -0.25) is 0 Å². The first kappa shape index (κ1) is 14.6. The second kappa shape index (κ2) is 9.22. The molecule has 0 saturated carbocycles. The molecule has 1 aromatic rings. The van der Waals surface area contributed by atoms with E-state index in [1.54, 1.807) is 0 Å². The van der Waals surface area contributed by atoms with Gasteiger partial charge in [-0.05, 0) is 6.92 Å². The van der Waals surface area contributed by atoms with Crippen molar-refractivity contribution in [2.24, 2.45) is 0 Å². The van der Waals surface area contributed by atoms with Crippen molar-refractivity contribution in [2.45, 2.75) is 6.92 Å². The van der Waals surface area contributed by atoms with Gasteiger partial charge in [-0.25, -0.2) is 4.79 Å². The zero-order valence-electron chi connectivity index (χ0n) is 8.19. The zero-order valence-corrected chi connectivity index (χ0v) is 10.3. The van der Waals surface area contributed by atoms with E-state index in [-0.39, 0.29) is 52.8 Å². The van der Waals surface area contributed by atoms with Crippen molar-refractivity contribution in [2.75, 3.05) is 0 Å². The molecule has 0 fully saturated rings. The Labute approximate surface area is 115 Å². The molecule has 0 heterocycles. The number of rotatable bonds is 0. The van der Waals surface area contributed by atoms with Crippen LogP contribution in [0.25, 0.3) is 0 Å². The molecule has 0 aliphatic rings. The third-order valence-corrected chi connectivity index (χ3v) is 0.940. The Morgan fingerprint density at radius 2 is 1.58 bits per heavy atom. The van der Waals surface area contributed by atoms with Crippen LogP contribution in [-0.2, 0) is 0 Å². The maximum absolute atomic E-state index is 8.56. The summed E-state index contributed by atoms with van der Waals surface area (Å²) < 4.78 is 0. The number of carbonyl (C=O) groups is 1. The smallest absolute Gasteiger partial charge is 1.00 e. The molecule has 0 aliphatic carbocycles. The van der Waals surface area contributed by atoms with Gasteiger partial charge in [0.05, 0.1) is 0 Å². The molecule has 0 bridgehead atoms. The summed E-state index contributed by atoms with van der Waals surface area (Å²) in [6.45, 7) is 2.08. The van der Waals surface area contributed by atoms with Gasteiger partial charge < -0.3 is 11.6 Å². The van der Waals surface area contributed by atoms with Crippen LogP contribution in [-0.4, -0.2) is 16.4 Å². The quantitative estimate of drug-likeness (QED) is 0.539. The van der Waals surface area contributed by atoms with Gasteiger partial charge in [0, 0.05) is 0 Å². The fraction of sp³-hybridized carbons (Fsp3) is 0.125. The van der Waals surface area contributed by atoms with Crippen LogP contribution >= 0.6 is 0 Å².